The molecule has 18 heteroatoms. The van der Waals surface area contributed by atoms with Gasteiger partial charge in [-0.05, 0) is 34.4 Å². The van der Waals surface area contributed by atoms with E-state index in [1.807, 2.05) is 0 Å². The highest BCUT2D eigenvalue weighted by molar-refractivity contribution is 7.87. The van der Waals surface area contributed by atoms with Gasteiger partial charge >= 0.3 is 0 Å². The lowest BCUT2D eigenvalue weighted by molar-refractivity contribution is 0.193. The van der Waals surface area contributed by atoms with Gasteiger partial charge in [-0.3, -0.25) is 19.9 Å². The molecule has 0 fully saturated rings. The molecule has 0 bridgehead atoms. The molecule has 2 aliphatic carbocycles. The van der Waals surface area contributed by atoms with Gasteiger partial charge in [0.25, 0.3) is 20.2 Å². The van der Waals surface area contributed by atoms with E-state index in [9.17, 15) is 36.2 Å². The molecule has 0 heterocycles. The standard InChI is InChI=1S/C34H32N6O10S2/c1-49-25-15-17(11-13-23(25)33(51(43,44)45)21-9-5-3-7-19(21)27(35)29(39-37)31(33)41)18-12-14-24(26(16-18)50-2)34(52(46,47)48)22-10-6-4-8-20(22)28(36)30(40-38)32(34)42/h3-16,31-32,35-36,41-42H,37-38H2,1-2H3,(H,43,44,45)(H,46,47,48)/b35-27?,36-28?,39-29-,40-30+. The first kappa shape index (κ1) is 36.3. The largest absolute Gasteiger partial charge is 0.496 e. The number of nitrogens with zero attached hydrogens (tertiary/aromatic N) is 2. The number of benzene rings is 4. The van der Waals surface area contributed by atoms with Gasteiger partial charge in [0.15, 0.2) is 9.49 Å². The van der Waals surface area contributed by atoms with E-state index in [1.165, 1.54) is 99.1 Å². The molecule has 4 aromatic rings. The van der Waals surface area contributed by atoms with E-state index in [0.717, 1.165) is 0 Å². The number of aliphatic hydroxyl groups is 2. The molecule has 0 spiro atoms. The van der Waals surface area contributed by atoms with E-state index in [1.54, 1.807) is 0 Å². The minimum atomic E-state index is -5.29. The Bertz CT molecular complexity index is 2300. The predicted molar refractivity (Wildman–Crippen MR) is 191 cm³/mol. The zero-order valence-electron chi connectivity index (χ0n) is 27.3. The van der Waals surface area contributed by atoms with Crippen molar-refractivity contribution in [1.29, 1.82) is 10.8 Å². The topological polar surface area (TPSA) is 292 Å². The zero-order chi connectivity index (χ0) is 38.0. The first-order valence-corrected chi connectivity index (χ1v) is 18.1. The fourth-order valence-corrected chi connectivity index (χ4v) is 9.92. The Morgan fingerprint density at radius 1 is 0.615 bits per heavy atom. The Kier molecular flexibility index (Phi) is 8.81. The molecule has 270 valence electrons. The summed E-state index contributed by atoms with van der Waals surface area (Å²) in [6, 6.07) is 19.8. The summed E-state index contributed by atoms with van der Waals surface area (Å²) in [4.78, 5) is 0. The van der Waals surface area contributed by atoms with Crippen LogP contribution in [0.15, 0.2) is 95.1 Å². The monoisotopic (exact) mass is 748 g/mol. The van der Waals surface area contributed by atoms with Crippen molar-refractivity contribution in [2.75, 3.05) is 14.2 Å². The Labute approximate surface area is 297 Å². The number of nitrogens with one attached hydrogen (secondary N) is 2. The SMILES string of the molecule is COc1cc(-c2ccc(C3(S(=O)(=O)O)c4ccccc4C(=N)/C(=N\N)C3O)c(OC)c2)ccc1C1(S(=O)(=O)O)c2ccccc2C(=N)/C(=N/N)C1O. The van der Waals surface area contributed by atoms with Gasteiger partial charge in [0, 0.05) is 22.3 Å². The van der Waals surface area contributed by atoms with Crippen molar-refractivity contribution in [3.63, 3.8) is 0 Å². The highest BCUT2D eigenvalue weighted by atomic mass is 32.2. The van der Waals surface area contributed by atoms with Crippen LogP contribution >= 0.6 is 0 Å². The summed E-state index contributed by atoms with van der Waals surface area (Å²) in [5, 5.41) is 47.2. The summed E-state index contributed by atoms with van der Waals surface area (Å²) < 4.78 is 81.6. The lowest BCUT2D eigenvalue weighted by atomic mass is 9.73. The van der Waals surface area contributed by atoms with E-state index in [-0.39, 0.29) is 56.3 Å². The maximum atomic E-state index is 13.5. The highest BCUT2D eigenvalue weighted by Crippen LogP contribution is 2.52. The number of hydrazone groups is 2. The molecule has 4 aromatic carbocycles. The number of aliphatic hydroxyl groups excluding tert-OH is 2. The van der Waals surface area contributed by atoms with Crippen molar-refractivity contribution < 1.29 is 45.6 Å². The summed E-state index contributed by atoms with van der Waals surface area (Å²) in [5.41, 5.74) is -1.63. The quantitative estimate of drug-likeness (QED) is 0.0762. The van der Waals surface area contributed by atoms with Crippen LogP contribution < -0.4 is 21.2 Å². The number of hydrogen-bond donors (Lipinski definition) is 8. The van der Waals surface area contributed by atoms with Gasteiger partial charge < -0.3 is 31.4 Å². The maximum Gasteiger partial charge on any atom is 0.282 e. The van der Waals surface area contributed by atoms with E-state index in [2.05, 4.69) is 10.2 Å². The van der Waals surface area contributed by atoms with Crippen molar-refractivity contribution in [2.45, 2.75) is 21.7 Å². The van der Waals surface area contributed by atoms with Gasteiger partial charge in [0.2, 0.25) is 0 Å². The summed E-state index contributed by atoms with van der Waals surface area (Å²) >= 11 is 0. The maximum absolute atomic E-state index is 13.5. The van der Waals surface area contributed by atoms with Crippen LogP contribution in [0.5, 0.6) is 11.5 Å². The van der Waals surface area contributed by atoms with Crippen LogP contribution in [0, 0.1) is 10.8 Å². The lowest BCUT2D eigenvalue weighted by Gasteiger charge is -2.41. The molecule has 6 rings (SSSR count). The normalized spacial score (nSPS) is 24.7. The second-order valence-electron chi connectivity index (χ2n) is 11.9. The second-order valence-corrected chi connectivity index (χ2v) is 15.1. The van der Waals surface area contributed by atoms with Crippen molar-refractivity contribution in [3.05, 3.63) is 118 Å². The lowest BCUT2D eigenvalue weighted by Crippen LogP contribution is -2.57. The summed E-state index contributed by atoms with van der Waals surface area (Å²) in [7, 11) is -8.11. The van der Waals surface area contributed by atoms with Crippen molar-refractivity contribution >= 4 is 43.1 Å². The third-order valence-electron chi connectivity index (χ3n) is 9.62. The van der Waals surface area contributed by atoms with Crippen LogP contribution in [-0.2, 0) is 29.7 Å². The average Bonchev–Trinajstić information content (AvgIpc) is 3.11. The molecule has 0 aromatic heterocycles. The van der Waals surface area contributed by atoms with Crippen LogP contribution in [0.25, 0.3) is 11.1 Å². The minimum Gasteiger partial charge on any atom is -0.496 e. The van der Waals surface area contributed by atoms with Crippen molar-refractivity contribution in [3.8, 4) is 22.6 Å². The molecule has 0 saturated heterocycles. The summed E-state index contributed by atoms with van der Waals surface area (Å²) in [6.07, 6.45) is -4.31. The minimum absolute atomic E-state index is 0.0401. The van der Waals surface area contributed by atoms with Gasteiger partial charge in [0.05, 0.1) is 25.6 Å². The fourth-order valence-electron chi connectivity index (χ4n) is 7.33. The molecule has 4 atom stereocenters. The molecule has 16 nitrogen and oxygen atoms in total. The Morgan fingerprint density at radius 2 is 0.962 bits per heavy atom. The van der Waals surface area contributed by atoms with Crippen LogP contribution in [0.1, 0.15) is 33.4 Å². The van der Waals surface area contributed by atoms with Crippen LogP contribution in [0.2, 0.25) is 0 Å². The van der Waals surface area contributed by atoms with Crippen molar-refractivity contribution in [1.82, 2.24) is 0 Å². The Balaban J connectivity index is 1.59. The summed E-state index contributed by atoms with van der Waals surface area (Å²) in [5.74, 6) is 10.8. The number of methoxy groups -OCH3 is 2. The van der Waals surface area contributed by atoms with E-state index < -0.39 is 53.4 Å². The van der Waals surface area contributed by atoms with E-state index in [0.29, 0.717) is 11.1 Å². The van der Waals surface area contributed by atoms with Crippen LogP contribution in [0.4, 0.5) is 0 Å². The molecule has 0 radical (unpaired) electrons. The second kappa shape index (κ2) is 12.6. The first-order valence-electron chi connectivity index (χ1n) is 15.2. The number of hydrogen-bond acceptors (Lipinski definition) is 14. The smallest absolute Gasteiger partial charge is 0.282 e. The molecule has 0 amide bonds. The summed E-state index contributed by atoms with van der Waals surface area (Å²) in [6.45, 7) is 0. The van der Waals surface area contributed by atoms with Gasteiger partial charge in [-0.1, -0.05) is 72.8 Å². The number of nitrogens with two attached hydrogens (primary N) is 2. The Morgan fingerprint density at radius 3 is 1.27 bits per heavy atom. The molecular weight excluding hydrogens is 717 g/mol. The van der Waals surface area contributed by atoms with Crippen LogP contribution in [-0.4, -0.2) is 85.4 Å². The molecule has 4 unspecified atom stereocenters. The third kappa shape index (κ3) is 4.80. The van der Waals surface area contributed by atoms with Gasteiger partial charge in [-0.2, -0.15) is 27.0 Å². The van der Waals surface area contributed by atoms with Gasteiger partial charge in [0.1, 0.15) is 35.1 Å². The van der Waals surface area contributed by atoms with E-state index in [4.69, 9.17) is 32.0 Å². The molecule has 2 aliphatic rings. The average molecular weight is 749 g/mol. The number of ether oxygens (including phenoxy) is 2. The van der Waals surface area contributed by atoms with Crippen molar-refractivity contribution in [2.24, 2.45) is 21.9 Å². The van der Waals surface area contributed by atoms with Gasteiger partial charge in [-0.25, -0.2) is 0 Å². The molecule has 52 heavy (non-hydrogen) atoms. The first-order chi connectivity index (χ1) is 24.6. The number of rotatable bonds is 7. The number of fused-ring (bicyclic) bond motifs is 2. The molecule has 0 aliphatic heterocycles. The third-order valence-corrected chi connectivity index (χ3v) is 12.6. The molecule has 0 saturated carbocycles. The molecule has 10 N–H and O–H groups in total. The highest BCUT2D eigenvalue weighted by Gasteiger charge is 2.61. The molecular formula is C34H32N6O10S2. The zero-order valence-corrected chi connectivity index (χ0v) is 29.0. The van der Waals surface area contributed by atoms with Crippen LogP contribution in [0.3, 0.4) is 0 Å². The fraction of sp³-hybridized carbons (Fsp3) is 0.176. The Hall–Kier alpha value is -5.50. The van der Waals surface area contributed by atoms with Gasteiger partial charge in [-0.15, -0.1) is 0 Å². The predicted octanol–water partition coefficient (Wildman–Crippen LogP) is 1.75. The van der Waals surface area contributed by atoms with E-state index >= 15 is 0 Å².